The highest BCUT2D eigenvalue weighted by atomic mass is 16.2. The molecule has 96 valence electrons. The fraction of sp³-hybridized carbons (Fsp3) is 0.188. The molecule has 3 rings (SSSR count). The lowest BCUT2D eigenvalue weighted by molar-refractivity contribution is -0.126. The predicted molar refractivity (Wildman–Crippen MR) is 75.8 cm³/mol. The molecule has 2 N–H and O–H groups in total. The molecule has 2 aromatic rings. The first kappa shape index (κ1) is 11.9. The van der Waals surface area contributed by atoms with Gasteiger partial charge in [0.25, 0.3) is 0 Å². The van der Waals surface area contributed by atoms with Crippen molar-refractivity contribution in [3.8, 4) is 0 Å². The van der Waals surface area contributed by atoms with Crippen LogP contribution in [0.5, 0.6) is 0 Å². The molecular formula is C16H16N2O. The molecule has 3 heteroatoms. The lowest BCUT2D eigenvalue weighted by Crippen LogP contribution is -2.63. The maximum Gasteiger partial charge on any atom is 0.247 e. The molecule has 0 aromatic heterocycles. The van der Waals surface area contributed by atoms with Crippen molar-refractivity contribution in [1.29, 1.82) is 0 Å². The van der Waals surface area contributed by atoms with Crippen molar-refractivity contribution >= 4 is 11.6 Å². The molecule has 2 atom stereocenters. The molecule has 2 unspecified atom stereocenters. The summed E-state index contributed by atoms with van der Waals surface area (Å²) in [6.45, 7) is 2.03. The number of β-lactam (4-membered cyclic amide) rings is 1. The van der Waals surface area contributed by atoms with E-state index >= 15 is 0 Å². The van der Waals surface area contributed by atoms with Crippen LogP contribution < -0.4 is 10.6 Å². The molecule has 0 bridgehead atoms. The van der Waals surface area contributed by atoms with Crippen LogP contribution in [-0.2, 0) is 4.79 Å². The average Bonchev–Trinajstić information content (AvgIpc) is 2.46. The van der Waals surface area contributed by atoms with E-state index in [0.717, 1.165) is 11.3 Å². The van der Waals surface area contributed by atoms with Gasteiger partial charge in [-0.15, -0.1) is 0 Å². The van der Waals surface area contributed by atoms with E-state index in [2.05, 4.69) is 0 Å². The van der Waals surface area contributed by atoms with Crippen molar-refractivity contribution in [3.63, 3.8) is 0 Å². The molecule has 0 aliphatic carbocycles. The van der Waals surface area contributed by atoms with Gasteiger partial charge in [-0.1, -0.05) is 48.0 Å². The Morgan fingerprint density at radius 1 is 1.00 bits per heavy atom. The Labute approximate surface area is 112 Å². The molecule has 0 saturated carbocycles. The lowest BCUT2D eigenvalue weighted by Gasteiger charge is -2.45. The van der Waals surface area contributed by atoms with Crippen LogP contribution in [0.3, 0.4) is 0 Å². The van der Waals surface area contributed by atoms with Crippen LogP contribution in [0.15, 0.2) is 54.6 Å². The van der Waals surface area contributed by atoms with E-state index in [1.807, 2.05) is 61.5 Å². The molecule has 1 fully saturated rings. The van der Waals surface area contributed by atoms with E-state index in [0.29, 0.717) is 0 Å². The zero-order valence-electron chi connectivity index (χ0n) is 10.8. The molecular weight excluding hydrogens is 236 g/mol. The van der Waals surface area contributed by atoms with Crippen molar-refractivity contribution in [3.05, 3.63) is 65.7 Å². The van der Waals surface area contributed by atoms with Gasteiger partial charge in [0.05, 0.1) is 6.04 Å². The van der Waals surface area contributed by atoms with E-state index in [4.69, 9.17) is 5.73 Å². The number of benzene rings is 2. The van der Waals surface area contributed by atoms with Crippen LogP contribution in [0.25, 0.3) is 0 Å². The van der Waals surface area contributed by atoms with Gasteiger partial charge in [0.2, 0.25) is 5.91 Å². The number of nitrogens with zero attached hydrogens (tertiary/aromatic N) is 1. The van der Waals surface area contributed by atoms with Crippen molar-refractivity contribution in [2.45, 2.75) is 19.0 Å². The normalized spacial score (nSPS) is 22.2. The second kappa shape index (κ2) is 4.52. The highest BCUT2D eigenvalue weighted by molar-refractivity contribution is 6.05. The maximum atomic E-state index is 12.0. The third kappa shape index (κ3) is 1.92. The Morgan fingerprint density at radius 2 is 1.63 bits per heavy atom. The smallest absolute Gasteiger partial charge is 0.247 e. The van der Waals surface area contributed by atoms with E-state index in [1.54, 1.807) is 4.90 Å². The summed E-state index contributed by atoms with van der Waals surface area (Å²) < 4.78 is 0. The first-order valence-corrected chi connectivity index (χ1v) is 6.39. The van der Waals surface area contributed by atoms with Crippen molar-refractivity contribution < 1.29 is 4.79 Å². The first-order valence-electron chi connectivity index (χ1n) is 6.39. The molecule has 2 aromatic carbocycles. The van der Waals surface area contributed by atoms with Gasteiger partial charge in [0.15, 0.2) is 0 Å². The summed E-state index contributed by atoms with van der Waals surface area (Å²) in [5.74, 6) is -0.0160. The monoisotopic (exact) mass is 252 g/mol. The summed E-state index contributed by atoms with van der Waals surface area (Å²) in [5, 5.41) is 0. The van der Waals surface area contributed by atoms with Gasteiger partial charge in [-0.25, -0.2) is 0 Å². The quantitative estimate of drug-likeness (QED) is 0.834. The highest BCUT2D eigenvalue weighted by Crippen LogP contribution is 2.37. The number of carbonyl (C=O) groups excluding carboxylic acids is 1. The number of nitrogens with two attached hydrogens (primary N) is 1. The Balaban J connectivity index is 1.96. The predicted octanol–water partition coefficient (Wildman–Crippen LogP) is 2.41. The number of rotatable bonds is 2. The summed E-state index contributed by atoms with van der Waals surface area (Å²) in [4.78, 5) is 13.8. The molecule has 3 nitrogen and oxygen atoms in total. The van der Waals surface area contributed by atoms with Crippen LogP contribution in [0.1, 0.15) is 17.2 Å². The van der Waals surface area contributed by atoms with Gasteiger partial charge in [-0.3, -0.25) is 4.79 Å². The molecule has 1 saturated heterocycles. The van der Waals surface area contributed by atoms with Crippen molar-refractivity contribution in [1.82, 2.24) is 0 Å². The van der Waals surface area contributed by atoms with E-state index in [1.165, 1.54) is 5.56 Å². The Morgan fingerprint density at radius 3 is 2.26 bits per heavy atom. The van der Waals surface area contributed by atoms with E-state index < -0.39 is 6.04 Å². The Hall–Kier alpha value is -2.13. The summed E-state index contributed by atoms with van der Waals surface area (Å²) in [6.07, 6.45) is 0. The fourth-order valence-electron chi connectivity index (χ4n) is 2.51. The minimum Gasteiger partial charge on any atom is -0.318 e. The minimum atomic E-state index is -0.441. The topological polar surface area (TPSA) is 46.3 Å². The van der Waals surface area contributed by atoms with Crippen LogP contribution in [0, 0.1) is 6.92 Å². The highest BCUT2D eigenvalue weighted by Gasteiger charge is 2.46. The number of aryl methyl sites for hydroxylation is 1. The first-order chi connectivity index (χ1) is 9.18. The van der Waals surface area contributed by atoms with Crippen molar-refractivity contribution in [2.24, 2.45) is 5.73 Å². The summed E-state index contributed by atoms with van der Waals surface area (Å²) in [5.41, 5.74) is 9.13. The maximum absolute atomic E-state index is 12.0. The third-order valence-electron chi connectivity index (χ3n) is 3.59. The molecule has 1 amide bonds. The molecule has 1 heterocycles. The summed E-state index contributed by atoms with van der Waals surface area (Å²) in [7, 11) is 0. The molecule has 0 spiro atoms. The van der Waals surface area contributed by atoms with E-state index in [-0.39, 0.29) is 11.9 Å². The van der Waals surface area contributed by atoms with Gasteiger partial charge in [-0.2, -0.15) is 0 Å². The second-order valence-corrected chi connectivity index (χ2v) is 4.93. The number of hydrogen-bond donors (Lipinski definition) is 1. The zero-order chi connectivity index (χ0) is 13.4. The molecule has 1 aliphatic rings. The Kier molecular flexibility index (Phi) is 2.84. The fourth-order valence-corrected chi connectivity index (χ4v) is 2.51. The third-order valence-corrected chi connectivity index (χ3v) is 3.59. The number of anilines is 1. The number of amides is 1. The second-order valence-electron chi connectivity index (χ2n) is 4.93. The van der Waals surface area contributed by atoms with E-state index in [9.17, 15) is 4.79 Å². The van der Waals surface area contributed by atoms with Gasteiger partial charge < -0.3 is 10.6 Å². The van der Waals surface area contributed by atoms with Gasteiger partial charge in [-0.05, 0) is 24.6 Å². The standard InChI is InChI=1S/C16H16N2O/c1-11-7-9-13(10-8-11)18-15(14(17)16(18)19)12-5-3-2-4-6-12/h2-10,14-15H,17H2,1H3. The average molecular weight is 252 g/mol. The van der Waals surface area contributed by atoms with Crippen LogP contribution in [0.2, 0.25) is 0 Å². The van der Waals surface area contributed by atoms with Gasteiger partial charge in [0.1, 0.15) is 6.04 Å². The summed E-state index contributed by atoms with van der Waals surface area (Å²) >= 11 is 0. The number of carbonyl (C=O) groups is 1. The SMILES string of the molecule is Cc1ccc(N2C(=O)C(N)C2c2ccccc2)cc1. The van der Waals surface area contributed by atoms with Gasteiger partial charge in [0, 0.05) is 5.69 Å². The molecule has 1 aliphatic heterocycles. The Bertz CT molecular complexity index is 592. The minimum absolute atomic E-state index is 0.0160. The van der Waals surface area contributed by atoms with Crippen LogP contribution >= 0.6 is 0 Å². The number of hydrogen-bond acceptors (Lipinski definition) is 2. The van der Waals surface area contributed by atoms with Gasteiger partial charge >= 0.3 is 0 Å². The molecule has 0 radical (unpaired) electrons. The van der Waals surface area contributed by atoms with Crippen LogP contribution in [0.4, 0.5) is 5.69 Å². The van der Waals surface area contributed by atoms with Crippen LogP contribution in [-0.4, -0.2) is 11.9 Å². The summed E-state index contributed by atoms with van der Waals surface area (Å²) in [6, 6.07) is 17.4. The lowest BCUT2D eigenvalue weighted by atomic mass is 9.88. The molecule has 19 heavy (non-hydrogen) atoms. The zero-order valence-corrected chi connectivity index (χ0v) is 10.8. The largest absolute Gasteiger partial charge is 0.318 e. The van der Waals surface area contributed by atoms with Crippen molar-refractivity contribution in [2.75, 3.05) is 4.90 Å².